The molecule has 0 aliphatic carbocycles. The molecular weight excluding hydrogens is 442 g/mol. The van der Waals surface area contributed by atoms with E-state index in [1.54, 1.807) is 20.8 Å². The maximum absolute atomic E-state index is 12.6. The third-order valence-electron chi connectivity index (χ3n) is 5.78. The zero-order valence-electron chi connectivity index (χ0n) is 23.1. The topological polar surface area (TPSA) is 132 Å². The molecule has 0 spiro atoms. The molecule has 0 unspecified atom stereocenters. The van der Waals surface area contributed by atoms with Crippen molar-refractivity contribution in [3.05, 3.63) is 0 Å². The van der Waals surface area contributed by atoms with E-state index < -0.39 is 17.7 Å². The summed E-state index contributed by atoms with van der Waals surface area (Å²) in [5.74, 6) is -0.181. The van der Waals surface area contributed by atoms with E-state index in [1.165, 1.54) is 77.0 Å². The summed E-state index contributed by atoms with van der Waals surface area (Å²) in [6.45, 7) is 8.64. The Bertz CT molecular complexity index is 572. The molecule has 0 saturated carbocycles. The van der Waals surface area contributed by atoms with Gasteiger partial charge in [-0.3, -0.25) is 9.79 Å². The quantitative estimate of drug-likeness (QED) is 0.0940. The number of hydrogen-bond donors (Lipinski definition) is 4. The number of ether oxygens (including phenoxy) is 1. The number of nitrogens with two attached hydrogens (primary N) is 2. The van der Waals surface area contributed by atoms with Gasteiger partial charge in [-0.1, -0.05) is 90.4 Å². The second-order valence-corrected chi connectivity index (χ2v) is 10.5. The highest BCUT2D eigenvalue weighted by molar-refractivity contribution is 5.85. The minimum Gasteiger partial charge on any atom is -0.444 e. The summed E-state index contributed by atoms with van der Waals surface area (Å²) in [5, 5.41) is 5.63. The van der Waals surface area contributed by atoms with Crippen LogP contribution in [0.3, 0.4) is 0 Å². The highest BCUT2D eigenvalue weighted by Crippen LogP contribution is 2.13. The fraction of sp³-hybridized carbons (Fsp3) is 0.889. The monoisotopic (exact) mass is 497 g/mol. The van der Waals surface area contributed by atoms with Crippen LogP contribution < -0.4 is 22.1 Å². The normalized spacial score (nSPS) is 12.1. The van der Waals surface area contributed by atoms with Crippen molar-refractivity contribution in [2.24, 2.45) is 16.5 Å². The fourth-order valence-electron chi connectivity index (χ4n) is 3.88. The van der Waals surface area contributed by atoms with Crippen LogP contribution in [0.5, 0.6) is 0 Å². The summed E-state index contributed by atoms with van der Waals surface area (Å²) >= 11 is 0. The third-order valence-corrected chi connectivity index (χ3v) is 5.78. The number of carbonyl (C=O) groups excluding carboxylic acids is 2. The standard InChI is InChI=1S/C27H55N5O3/c1-5-6-7-8-9-10-11-12-13-14-15-16-17-18-21-30-24(33)23(20-19-22-31-25(28)29)32-26(34)35-27(2,3)4/h23H,5-22H2,1-4H3,(H,30,33)(H,32,34)(H4,28,29,31)/t23-/m0/s1. The molecule has 0 aliphatic rings. The zero-order valence-corrected chi connectivity index (χ0v) is 23.1. The second-order valence-electron chi connectivity index (χ2n) is 10.5. The molecule has 0 heterocycles. The van der Waals surface area contributed by atoms with Crippen LogP contribution in [0.2, 0.25) is 0 Å². The Balaban J connectivity index is 3.98. The van der Waals surface area contributed by atoms with Gasteiger partial charge in [0, 0.05) is 13.1 Å². The Labute approximate surface area is 214 Å². The molecule has 206 valence electrons. The first-order valence-corrected chi connectivity index (χ1v) is 14.0. The van der Waals surface area contributed by atoms with E-state index >= 15 is 0 Å². The summed E-state index contributed by atoms with van der Waals surface area (Å²) < 4.78 is 5.30. The molecule has 0 radical (unpaired) electrons. The van der Waals surface area contributed by atoms with Crippen LogP contribution in [-0.4, -0.2) is 42.7 Å². The smallest absolute Gasteiger partial charge is 0.408 e. The first-order valence-electron chi connectivity index (χ1n) is 14.0. The minimum atomic E-state index is -0.675. The summed E-state index contributed by atoms with van der Waals surface area (Å²) in [4.78, 5) is 28.7. The lowest BCUT2D eigenvalue weighted by Crippen LogP contribution is -2.48. The summed E-state index contributed by atoms with van der Waals surface area (Å²) in [5.41, 5.74) is 10.1. The highest BCUT2D eigenvalue weighted by atomic mass is 16.6. The average molecular weight is 498 g/mol. The van der Waals surface area contributed by atoms with Crippen LogP contribution in [0.1, 0.15) is 130 Å². The molecule has 8 nitrogen and oxygen atoms in total. The van der Waals surface area contributed by atoms with Crippen molar-refractivity contribution in [1.82, 2.24) is 10.6 Å². The van der Waals surface area contributed by atoms with Gasteiger partial charge in [-0.05, 0) is 40.0 Å². The van der Waals surface area contributed by atoms with Crippen LogP contribution in [0.4, 0.5) is 4.79 Å². The van der Waals surface area contributed by atoms with Crippen molar-refractivity contribution >= 4 is 18.0 Å². The van der Waals surface area contributed by atoms with E-state index in [1.807, 2.05) is 0 Å². The van der Waals surface area contributed by atoms with Crippen molar-refractivity contribution in [3.8, 4) is 0 Å². The number of carbonyl (C=O) groups is 2. The Kier molecular flexibility index (Phi) is 20.1. The van der Waals surface area contributed by atoms with Gasteiger partial charge in [0.05, 0.1) is 0 Å². The SMILES string of the molecule is CCCCCCCCCCCCCCCCNC(=O)[C@H](CCCN=C(N)N)NC(=O)OC(C)(C)C. The number of unbranched alkanes of at least 4 members (excludes halogenated alkanes) is 13. The van der Waals surface area contributed by atoms with Gasteiger partial charge in [0.25, 0.3) is 0 Å². The molecule has 0 aromatic rings. The predicted octanol–water partition coefficient (Wildman–Crippen LogP) is 5.53. The number of aliphatic imine (C=N–C) groups is 1. The van der Waals surface area contributed by atoms with Crippen LogP contribution in [0.15, 0.2) is 4.99 Å². The maximum Gasteiger partial charge on any atom is 0.408 e. The van der Waals surface area contributed by atoms with E-state index in [9.17, 15) is 9.59 Å². The van der Waals surface area contributed by atoms with Gasteiger partial charge in [-0.2, -0.15) is 0 Å². The minimum absolute atomic E-state index is 0.0175. The molecule has 1 atom stereocenters. The number of alkyl carbamates (subject to hydrolysis) is 1. The van der Waals surface area contributed by atoms with E-state index in [2.05, 4.69) is 22.5 Å². The Hall–Kier alpha value is -1.99. The Morgan fingerprint density at radius 2 is 1.29 bits per heavy atom. The number of guanidine groups is 1. The number of amides is 2. The molecule has 6 N–H and O–H groups in total. The van der Waals surface area contributed by atoms with E-state index in [4.69, 9.17) is 16.2 Å². The van der Waals surface area contributed by atoms with Gasteiger partial charge in [-0.15, -0.1) is 0 Å². The van der Waals surface area contributed by atoms with Crippen LogP contribution in [0, 0.1) is 0 Å². The molecule has 0 aromatic carbocycles. The molecule has 0 fully saturated rings. The molecule has 2 amide bonds. The van der Waals surface area contributed by atoms with Crippen molar-refractivity contribution in [1.29, 1.82) is 0 Å². The second kappa shape index (κ2) is 21.3. The fourth-order valence-corrected chi connectivity index (χ4v) is 3.88. The van der Waals surface area contributed by atoms with E-state index in [-0.39, 0.29) is 11.9 Å². The van der Waals surface area contributed by atoms with E-state index in [0.717, 1.165) is 12.8 Å². The molecular formula is C27H55N5O3. The molecule has 0 aliphatic heterocycles. The number of rotatable bonds is 21. The van der Waals surface area contributed by atoms with Crippen LogP contribution in [0.25, 0.3) is 0 Å². The predicted molar refractivity (Wildman–Crippen MR) is 146 cm³/mol. The van der Waals surface area contributed by atoms with Gasteiger partial charge in [0.2, 0.25) is 5.91 Å². The first-order chi connectivity index (χ1) is 16.7. The molecule has 8 heteroatoms. The largest absolute Gasteiger partial charge is 0.444 e. The van der Waals surface area contributed by atoms with E-state index in [0.29, 0.717) is 25.9 Å². The van der Waals surface area contributed by atoms with Crippen molar-refractivity contribution in [2.75, 3.05) is 13.1 Å². The molecule has 0 saturated heterocycles. The van der Waals surface area contributed by atoms with Crippen LogP contribution in [-0.2, 0) is 9.53 Å². The zero-order chi connectivity index (χ0) is 26.4. The van der Waals surface area contributed by atoms with Crippen molar-refractivity contribution in [2.45, 2.75) is 142 Å². The average Bonchev–Trinajstić information content (AvgIpc) is 2.76. The molecule has 0 aromatic heterocycles. The van der Waals surface area contributed by atoms with Gasteiger partial charge >= 0.3 is 6.09 Å². The summed E-state index contributed by atoms with van der Waals surface area (Å²) in [7, 11) is 0. The van der Waals surface area contributed by atoms with Gasteiger partial charge in [-0.25, -0.2) is 4.79 Å². The lowest BCUT2D eigenvalue weighted by molar-refractivity contribution is -0.123. The van der Waals surface area contributed by atoms with Crippen LogP contribution >= 0.6 is 0 Å². The first kappa shape index (κ1) is 33.0. The Morgan fingerprint density at radius 3 is 1.74 bits per heavy atom. The summed E-state index contributed by atoms with van der Waals surface area (Å²) in [6.07, 6.45) is 18.6. The Morgan fingerprint density at radius 1 is 0.800 bits per heavy atom. The lowest BCUT2D eigenvalue weighted by atomic mass is 10.0. The number of hydrogen-bond acceptors (Lipinski definition) is 4. The third kappa shape index (κ3) is 23.5. The molecule has 0 rings (SSSR count). The van der Waals surface area contributed by atoms with Gasteiger partial charge in [0.15, 0.2) is 5.96 Å². The summed E-state index contributed by atoms with van der Waals surface area (Å²) in [6, 6.07) is -0.675. The van der Waals surface area contributed by atoms with Gasteiger partial charge < -0.3 is 26.8 Å². The molecule has 35 heavy (non-hydrogen) atoms. The number of nitrogens with zero attached hydrogens (tertiary/aromatic N) is 1. The molecule has 0 bridgehead atoms. The highest BCUT2D eigenvalue weighted by Gasteiger charge is 2.23. The van der Waals surface area contributed by atoms with Gasteiger partial charge in [0.1, 0.15) is 11.6 Å². The lowest BCUT2D eigenvalue weighted by Gasteiger charge is -2.23. The van der Waals surface area contributed by atoms with Crippen molar-refractivity contribution < 1.29 is 14.3 Å². The number of nitrogens with one attached hydrogen (secondary N) is 2. The van der Waals surface area contributed by atoms with Crippen molar-refractivity contribution in [3.63, 3.8) is 0 Å². The maximum atomic E-state index is 12.6.